The van der Waals surface area contributed by atoms with Crippen LogP contribution < -0.4 is 5.56 Å². The number of benzene rings is 2. The van der Waals surface area contributed by atoms with Gasteiger partial charge in [0.2, 0.25) is 0 Å². The summed E-state index contributed by atoms with van der Waals surface area (Å²) in [5.74, 6) is 0.202. The molecule has 0 atom stereocenters. The average Bonchev–Trinajstić information content (AvgIpc) is 3.22. The van der Waals surface area contributed by atoms with Gasteiger partial charge in [0.25, 0.3) is 5.56 Å². The first-order chi connectivity index (χ1) is 15.1. The van der Waals surface area contributed by atoms with Crippen molar-refractivity contribution in [3.8, 4) is 16.9 Å². The number of aromatic nitrogens is 1. The molecule has 0 unspecified atom stereocenters. The van der Waals surface area contributed by atoms with E-state index in [1.165, 1.54) is 11.3 Å². The summed E-state index contributed by atoms with van der Waals surface area (Å²) in [6.07, 6.45) is 2.50. The standard InChI is InChI=1S/C25H27NO4S2/c1-25(2,3)13-4-5-15-32(29,30)17-8-6-16(7-9-17)21-20(27)11-10-19-22(21)18-12-14-31-23(18)24(28)26-19/h6-12,14,27H,4-5,13,15H2,1-3H3,(H,26,28). The average molecular weight is 470 g/mol. The predicted octanol–water partition coefficient (Wildman–Crippen LogP) is 6.11. The highest BCUT2D eigenvalue weighted by atomic mass is 32.2. The van der Waals surface area contributed by atoms with Crippen LogP contribution in [-0.2, 0) is 9.84 Å². The molecule has 2 aromatic heterocycles. The first-order valence-electron chi connectivity index (χ1n) is 10.7. The molecule has 4 rings (SSSR count). The van der Waals surface area contributed by atoms with E-state index in [4.69, 9.17) is 0 Å². The van der Waals surface area contributed by atoms with Crippen LogP contribution in [0.2, 0.25) is 0 Å². The number of phenols is 1. The lowest BCUT2D eigenvalue weighted by molar-refractivity contribution is 0.363. The Kier molecular flexibility index (Phi) is 5.90. The lowest BCUT2D eigenvalue weighted by Gasteiger charge is -2.17. The fourth-order valence-corrected chi connectivity index (χ4v) is 6.19. The van der Waals surface area contributed by atoms with Gasteiger partial charge in [0.15, 0.2) is 9.84 Å². The van der Waals surface area contributed by atoms with E-state index in [9.17, 15) is 18.3 Å². The summed E-state index contributed by atoms with van der Waals surface area (Å²) in [5.41, 5.74) is 1.94. The highest BCUT2D eigenvalue weighted by Crippen LogP contribution is 2.39. The van der Waals surface area contributed by atoms with E-state index < -0.39 is 9.84 Å². The number of fused-ring (bicyclic) bond motifs is 3. The van der Waals surface area contributed by atoms with E-state index >= 15 is 0 Å². The van der Waals surface area contributed by atoms with E-state index in [0.717, 1.165) is 23.6 Å². The second-order valence-electron chi connectivity index (χ2n) is 9.36. The Hall–Kier alpha value is -2.64. The van der Waals surface area contributed by atoms with Crippen LogP contribution >= 0.6 is 11.3 Å². The summed E-state index contributed by atoms with van der Waals surface area (Å²) in [7, 11) is -3.37. The quantitative estimate of drug-likeness (QED) is 0.334. The third-order valence-electron chi connectivity index (χ3n) is 5.66. The number of hydrogen-bond donors (Lipinski definition) is 2. The van der Waals surface area contributed by atoms with Gasteiger partial charge in [-0.25, -0.2) is 8.42 Å². The maximum Gasteiger partial charge on any atom is 0.266 e. The van der Waals surface area contributed by atoms with Gasteiger partial charge in [-0.2, -0.15) is 0 Å². The minimum atomic E-state index is -3.37. The van der Waals surface area contributed by atoms with E-state index in [1.54, 1.807) is 36.4 Å². The van der Waals surface area contributed by atoms with Crippen LogP contribution in [0, 0.1) is 5.41 Å². The molecule has 2 aromatic carbocycles. The molecule has 32 heavy (non-hydrogen) atoms. The number of aromatic amines is 1. The number of nitrogens with one attached hydrogen (secondary N) is 1. The number of pyridine rings is 1. The highest BCUT2D eigenvalue weighted by molar-refractivity contribution is 7.91. The molecule has 4 aromatic rings. The van der Waals surface area contributed by atoms with Gasteiger partial charge in [-0.1, -0.05) is 39.3 Å². The maximum atomic E-state index is 12.8. The zero-order valence-electron chi connectivity index (χ0n) is 18.4. The fraction of sp³-hybridized carbons (Fsp3) is 0.320. The SMILES string of the molecule is CC(C)(C)CCCCS(=O)(=O)c1ccc(-c2c(O)ccc3[nH]c(=O)c4sccc4c23)cc1. The third kappa shape index (κ3) is 4.45. The largest absolute Gasteiger partial charge is 0.507 e. The second-order valence-corrected chi connectivity index (χ2v) is 12.4. The lowest BCUT2D eigenvalue weighted by atomic mass is 9.90. The first-order valence-corrected chi connectivity index (χ1v) is 13.2. The van der Waals surface area contributed by atoms with Gasteiger partial charge in [0, 0.05) is 21.9 Å². The number of phenolic OH excluding ortho intramolecular Hbond substituents is 1. The van der Waals surface area contributed by atoms with Crippen LogP contribution in [0.15, 0.2) is 57.5 Å². The Bertz CT molecular complexity index is 1440. The normalized spacial score (nSPS) is 12.6. The Labute approximate surface area is 191 Å². The van der Waals surface area contributed by atoms with Crippen LogP contribution in [0.4, 0.5) is 0 Å². The van der Waals surface area contributed by atoms with Crippen molar-refractivity contribution in [2.24, 2.45) is 5.41 Å². The smallest absolute Gasteiger partial charge is 0.266 e. The van der Waals surface area contributed by atoms with E-state index in [2.05, 4.69) is 25.8 Å². The zero-order valence-corrected chi connectivity index (χ0v) is 20.1. The van der Waals surface area contributed by atoms with Crippen molar-refractivity contribution in [3.63, 3.8) is 0 Å². The van der Waals surface area contributed by atoms with Crippen molar-refractivity contribution in [2.45, 2.75) is 44.9 Å². The van der Waals surface area contributed by atoms with E-state index in [1.807, 2.05) is 11.4 Å². The molecule has 0 fully saturated rings. The minimum absolute atomic E-state index is 0.0786. The molecule has 0 saturated heterocycles. The molecule has 0 spiro atoms. The number of rotatable bonds is 6. The van der Waals surface area contributed by atoms with E-state index in [-0.39, 0.29) is 27.4 Å². The molecule has 2 N–H and O–H groups in total. The van der Waals surface area contributed by atoms with Crippen molar-refractivity contribution in [1.82, 2.24) is 4.98 Å². The molecule has 2 heterocycles. The predicted molar refractivity (Wildman–Crippen MR) is 132 cm³/mol. The number of aromatic hydroxyl groups is 1. The number of H-pyrrole nitrogens is 1. The van der Waals surface area contributed by atoms with Crippen molar-refractivity contribution >= 4 is 42.2 Å². The van der Waals surface area contributed by atoms with Gasteiger partial charge in [-0.15, -0.1) is 11.3 Å². The Morgan fingerprint density at radius 1 is 1.00 bits per heavy atom. The van der Waals surface area contributed by atoms with Crippen molar-refractivity contribution in [2.75, 3.05) is 5.75 Å². The second kappa shape index (κ2) is 8.37. The van der Waals surface area contributed by atoms with Crippen LogP contribution in [0.25, 0.3) is 32.1 Å². The monoisotopic (exact) mass is 469 g/mol. The van der Waals surface area contributed by atoms with E-state index in [0.29, 0.717) is 27.8 Å². The van der Waals surface area contributed by atoms with Crippen LogP contribution in [0.1, 0.15) is 40.0 Å². The summed E-state index contributed by atoms with van der Waals surface area (Å²) in [4.78, 5) is 15.5. The Balaban J connectivity index is 1.68. The third-order valence-corrected chi connectivity index (χ3v) is 8.39. The minimum Gasteiger partial charge on any atom is -0.507 e. The van der Waals surface area contributed by atoms with Gasteiger partial charge in [0.05, 0.1) is 10.6 Å². The van der Waals surface area contributed by atoms with Gasteiger partial charge in [-0.3, -0.25) is 4.79 Å². The molecule has 0 aliphatic heterocycles. The Morgan fingerprint density at radius 2 is 1.72 bits per heavy atom. The van der Waals surface area contributed by atoms with Crippen molar-refractivity contribution in [3.05, 3.63) is 58.2 Å². The summed E-state index contributed by atoms with van der Waals surface area (Å²) in [5, 5.41) is 14.0. The van der Waals surface area contributed by atoms with Gasteiger partial charge >= 0.3 is 0 Å². The molecule has 0 radical (unpaired) electrons. The number of thiophene rings is 1. The van der Waals surface area contributed by atoms with Crippen LogP contribution in [-0.4, -0.2) is 24.3 Å². The molecule has 168 valence electrons. The molecule has 0 aliphatic carbocycles. The molecule has 5 nitrogen and oxygen atoms in total. The molecular formula is C25H27NO4S2. The van der Waals surface area contributed by atoms with Gasteiger partial charge in [-0.05, 0) is 59.5 Å². The molecule has 0 aliphatic rings. The summed E-state index contributed by atoms with van der Waals surface area (Å²) in [6.45, 7) is 6.47. The lowest BCUT2D eigenvalue weighted by Crippen LogP contribution is -2.09. The number of unbranched alkanes of at least 4 members (excludes halogenated alkanes) is 1. The van der Waals surface area contributed by atoms with Gasteiger partial charge < -0.3 is 10.1 Å². The maximum absolute atomic E-state index is 12.8. The summed E-state index contributed by atoms with van der Waals surface area (Å²) < 4.78 is 26.1. The molecular weight excluding hydrogens is 442 g/mol. The molecule has 0 saturated carbocycles. The zero-order chi connectivity index (χ0) is 23.1. The fourth-order valence-electron chi connectivity index (χ4n) is 4.02. The topological polar surface area (TPSA) is 87.2 Å². The van der Waals surface area contributed by atoms with Crippen LogP contribution in [0.5, 0.6) is 5.75 Å². The molecule has 0 amide bonds. The Morgan fingerprint density at radius 3 is 2.41 bits per heavy atom. The molecule has 7 heteroatoms. The van der Waals surface area contributed by atoms with Crippen molar-refractivity contribution < 1.29 is 13.5 Å². The van der Waals surface area contributed by atoms with Gasteiger partial charge in [0.1, 0.15) is 10.4 Å². The number of hydrogen-bond acceptors (Lipinski definition) is 5. The summed E-state index contributed by atoms with van der Waals surface area (Å²) in [6, 6.07) is 11.7. The van der Waals surface area contributed by atoms with Crippen LogP contribution in [0.3, 0.4) is 0 Å². The van der Waals surface area contributed by atoms with Crippen molar-refractivity contribution in [1.29, 1.82) is 0 Å². The molecule has 0 bridgehead atoms. The summed E-state index contributed by atoms with van der Waals surface area (Å²) >= 11 is 1.35. The number of sulfone groups is 1. The first kappa shape index (κ1) is 22.6. The highest BCUT2D eigenvalue weighted by Gasteiger charge is 2.18.